The quantitative estimate of drug-likeness (QED) is 0.744. The van der Waals surface area contributed by atoms with Crippen molar-refractivity contribution in [1.29, 1.82) is 0 Å². The lowest BCUT2D eigenvalue weighted by Gasteiger charge is -2.39. The van der Waals surface area contributed by atoms with E-state index in [-0.39, 0.29) is 6.03 Å². The number of carbonyl (C=O) groups is 1. The molecule has 1 saturated carbocycles. The van der Waals surface area contributed by atoms with Crippen LogP contribution in [0.5, 0.6) is 0 Å². The lowest BCUT2D eigenvalue weighted by molar-refractivity contribution is 0.105. The first-order valence-corrected chi connectivity index (χ1v) is 11.8. The second-order valence-electron chi connectivity index (χ2n) is 9.32. The SMILES string of the molecule is CC1CCN(c2ccc(NC(=O)N3CCN(C4CCCCCC4)CC3)cc2)CC1. The van der Waals surface area contributed by atoms with E-state index in [2.05, 4.69) is 34.2 Å². The van der Waals surface area contributed by atoms with Gasteiger partial charge in [-0.15, -0.1) is 0 Å². The normalized spacial score (nSPS) is 23.1. The molecule has 0 atom stereocenters. The third-order valence-electron chi connectivity index (χ3n) is 7.21. The molecule has 0 bridgehead atoms. The number of amides is 2. The van der Waals surface area contributed by atoms with Gasteiger partial charge < -0.3 is 15.1 Å². The maximum atomic E-state index is 12.7. The van der Waals surface area contributed by atoms with Gasteiger partial charge in [0.1, 0.15) is 0 Å². The van der Waals surface area contributed by atoms with Gasteiger partial charge in [-0.1, -0.05) is 32.6 Å². The number of hydrogen-bond donors (Lipinski definition) is 1. The van der Waals surface area contributed by atoms with Crippen molar-refractivity contribution in [3.8, 4) is 0 Å². The molecule has 1 aromatic carbocycles. The Morgan fingerprint density at radius 1 is 0.828 bits per heavy atom. The van der Waals surface area contributed by atoms with Crippen molar-refractivity contribution < 1.29 is 4.79 Å². The molecule has 0 radical (unpaired) electrons. The van der Waals surface area contributed by atoms with E-state index in [1.807, 2.05) is 17.0 Å². The molecule has 3 aliphatic rings. The molecule has 1 N–H and O–H groups in total. The predicted octanol–water partition coefficient (Wildman–Crippen LogP) is 4.80. The number of piperazine rings is 1. The Morgan fingerprint density at radius 2 is 1.45 bits per heavy atom. The monoisotopic (exact) mass is 398 g/mol. The predicted molar refractivity (Wildman–Crippen MR) is 121 cm³/mol. The van der Waals surface area contributed by atoms with Gasteiger partial charge in [-0.05, 0) is 55.9 Å². The number of urea groups is 1. The highest BCUT2D eigenvalue weighted by molar-refractivity contribution is 5.89. The van der Waals surface area contributed by atoms with Crippen molar-refractivity contribution in [2.45, 2.75) is 64.3 Å². The Morgan fingerprint density at radius 3 is 2.07 bits per heavy atom. The molecule has 4 rings (SSSR count). The molecule has 5 heteroatoms. The molecule has 160 valence electrons. The summed E-state index contributed by atoms with van der Waals surface area (Å²) in [5.74, 6) is 0.841. The first-order chi connectivity index (χ1) is 14.2. The fraction of sp³-hybridized carbons (Fsp3) is 0.708. The van der Waals surface area contributed by atoms with Crippen molar-refractivity contribution in [2.75, 3.05) is 49.5 Å². The van der Waals surface area contributed by atoms with Gasteiger partial charge in [0.15, 0.2) is 0 Å². The van der Waals surface area contributed by atoms with Gasteiger partial charge in [0.25, 0.3) is 0 Å². The van der Waals surface area contributed by atoms with Gasteiger partial charge in [-0.3, -0.25) is 4.90 Å². The maximum Gasteiger partial charge on any atom is 0.321 e. The summed E-state index contributed by atoms with van der Waals surface area (Å²) in [5.41, 5.74) is 2.17. The molecule has 2 heterocycles. The lowest BCUT2D eigenvalue weighted by atomic mass is 9.99. The summed E-state index contributed by atoms with van der Waals surface area (Å²) < 4.78 is 0. The minimum Gasteiger partial charge on any atom is -0.372 e. The van der Waals surface area contributed by atoms with Crippen LogP contribution in [0, 0.1) is 5.92 Å². The Hall–Kier alpha value is -1.75. The van der Waals surface area contributed by atoms with Crippen molar-refractivity contribution in [3.63, 3.8) is 0 Å². The maximum absolute atomic E-state index is 12.7. The molecule has 0 spiro atoms. The highest BCUT2D eigenvalue weighted by Crippen LogP contribution is 2.25. The van der Waals surface area contributed by atoms with Gasteiger partial charge in [-0.25, -0.2) is 4.79 Å². The van der Waals surface area contributed by atoms with Crippen LogP contribution in [0.1, 0.15) is 58.3 Å². The minimum atomic E-state index is 0.0464. The molecule has 5 nitrogen and oxygen atoms in total. The number of nitrogens with one attached hydrogen (secondary N) is 1. The third kappa shape index (κ3) is 5.44. The summed E-state index contributed by atoms with van der Waals surface area (Å²) in [6, 6.07) is 9.18. The zero-order chi connectivity index (χ0) is 20.1. The average Bonchev–Trinajstić information content (AvgIpc) is 3.05. The Labute approximate surface area is 176 Å². The fourth-order valence-corrected chi connectivity index (χ4v) is 5.14. The Bertz CT molecular complexity index is 637. The van der Waals surface area contributed by atoms with Crippen molar-refractivity contribution in [2.24, 2.45) is 5.92 Å². The smallest absolute Gasteiger partial charge is 0.321 e. The zero-order valence-electron chi connectivity index (χ0n) is 18.1. The number of piperidine rings is 1. The molecule has 0 aromatic heterocycles. The number of nitrogens with zero attached hydrogens (tertiary/aromatic N) is 3. The van der Waals surface area contributed by atoms with Crippen LogP contribution in [0.2, 0.25) is 0 Å². The van der Waals surface area contributed by atoms with Gasteiger partial charge in [0, 0.05) is 56.7 Å². The summed E-state index contributed by atoms with van der Waals surface area (Å²) in [6.07, 6.45) is 10.8. The lowest BCUT2D eigenvalue weighted by Crippen LogP contribution is -2.52. The topological polar surface area (TPSA) is 38.8 Å². The molecule has 2 saturated heterocycles. The van der Waals surface area contributed by atoms with Gasteiger partial charge in [0.05, 0.1) is 0 Å². The second kappa shape index (κ2) is 9.84. The van der Waals surface area contributed by atoms with E-state index in [1.54, 1.807) is 0 Å². The van der Waals surface area contributed by atoms with Crippen LogP contribution in [0.25, 0.3) is 0 Å². The summed E-state index contributed by atoms with van der Waals surface area (Å²) in [6.45, 7) is 8.33. The largest absolute Gasteiger partial charge is 0.372 e. The van der Waals surface area contributed by atoms with E-state index >= 15 is 0 Å². The van der Waals surface area contributed by atoms with Crippen LogP contribution >= 0.6 is 0 Å². The number of carbonyl (C=O) groups excluding carboxylic acids is 1. The molecule has 1 aliphatic carbocycles. The van der Waals surface area contributed by atoms with Crippen LogP contribution in [-0.4, -0.2) is 61.1 Å². The molecule has 0 unspecified atom stereocenters. The van der Waals surface area contributed by atoms with Crippen LogP contribution in [0.3, 0.4) is 0 Å². The zero-order valence-corrected chi connectivity index (χ0v) is 18.1. The van der Waals surface area contributed by atoms with Gasteiger partial charge in [-0.2, -0.15) is 0 Å². The second-order valence-corrected chi connectivity index (χ2v) is 9.32. The van der Waals surface area contributed by atoms with Crippen LogP contribution in [-0.2, 0) is 0 Å². The van der Waals surface area contributed by atoms with E-state index in [9.17, 15) is 4.79 Å². The Kier molecular flexibility index (Phi) is 6.96. The summed E-state index contributed by atoms with van der Waals surface area (Å²) in [7, 11) is 0. The number of benzene rings is 1. The minimum absolute atomic E-state index is 0.0464. The standard InChI is InChI=1S/C24H38N4O/c1-20-12-14-26(15-13-20)23-10-8-21(9-11-23)25-24(29)28-18-16-27(17-19-28)22-6-4-2-3-5-7-22/h8-11,20,22H,2-7,12-19H2,1H3,(H,25,29). The number of hydrogen-bond acceptors (Lipinski definition) is 3. The van der Waals surface area contributed by atoms with Gasteiger partial charge >= 0.3 is 6.03 Å². The first-order valence-electron chi connectivity index (χ1n) is 11.8. The van der Waals surface area contributed by atoms with Crippen LogP contribution in [0.15, 0.2) is 24.3 Å². The van der Waals surface area contributed by atoms with E-state index in [0.717, 1.165) is 56.9 Å². The van der Waals surface area contributed by atoms with Gasteiger partial charge in [0.2, 0.25) is 0 Å². The van der Waals surface area contributed by atoms with Crippen LogP contribution < -0.4 is 10.2 Å². The third-order valence-corrected chi connectivity index (χ3v) is 7.21. The molecular weight excluding hydrogens is 360 g/mol. The Balaban J connectivity index is 1.24. The molecule has 29 heavy (non-hydrogen) atoms. The highest BCUT2D eigenvalue weighted by atomic mass is 16.2. The van der Waals surface area contributed by atoms with E-state index in [4.69, 9.17) is 0 Å². The van der Waals surface area contributed by atoms with Crippen molar-refractivity contribution >= 4 is 17.4 Å². The summed E-state index contributed by atoms with van der Waals surface area (Å²) in [5, 5.41) is 3.10. The molecule has 2 amide bonds. The fourth-order valence-electron chi connectivity index (χ4n) is 5.14. The van der Waals surface area contributed by atoms with E-state index in [0.29, 0.717) is 0 Å². The molecule has 1 aromatic rings. The average molecular weight is 399 g/mol. The highest BCUT2D eigenvalue weighted by Gasteiger charge is 2.26. The number of rotatable bonds is 3. The molecule has 3 fully saturated rings. The summed E-state index contributed by atoms with van der Waals surface area (Å²) in [4.78, 5) is 19.8. The molecule has 2 aliphatic heterocycles. The number of anilines is 2. The van der Waals surface area contributed by atoms with Crippen molar-refractivity contribution in [3.05, 3.63) is 24.3 Å². The van der Waals surface area contributed by atoms with Crippen molar-refractivity contribution in [1.82, 2.24) is 9.80 Å². The molecular formula is C24H38N4O. The summed E-state index contributed by atoms with van der Waals surface area (Å²) >= 11 is 0. The first kappa shape index (κ1) is 20.5. The van der Waals surface area contributed by atoms with E-state index < -0.39 is 0 Å². The van der Waals surface area contributed by atoms with Crippen LogP contribution in [0.4, 0.5) is 16.2 Å². The van der Waals surface area contributed by atoms with E-state index in [1.165, 1.54) is 57.1 Å².